The summed E-state index contributed by atoms with van der Waals surface area (Å²) in [4.78, 5) is 14.5. The van der Waals surface area contributed by atoms with Crippen molar-refractivity contribution in [2.75, 3.05) is 6.61 Å². The van der Waals surface area contributed by atoms with E-state index in [1.807, 2.05) is 0 Å². The number of aryl methyl sites for hydroxylation is 1. The van der Waals surface area contributed by atoms with Crippen LogP contribution in [-0.4, -0.2) is 22.1 Å². The fourth-order valence-electron chi connectivity index (χ4n) is 2.38. The van der Waals surface area contributed by atoms with Gasteiger partial charge >= 0.3 is 5.69 Å². The van der Waals surface area contributed by atoms with Gasteiger partial charge in [-0.3, -0.25) is 10.1 Å². The van der Waals surface area contributed by atoms with Crippen LogP contribution in [0.3, 0.4) is 0 Å². The molecule has 1 aliphatic carbocycles. The number of nitro groups is 1. The molecule has 0 atom stereocenters. The first-order chi connectivity index (χ1) is 9.00. The minimum atomic E-state index is -0.480. The van der Waals surface area contributed by atoms with Crippen LogP contribution in [0, 0.1) is 17.0 Å². The average Bonchev–Trinajstić information content (AvgIpc) is 2.37. The Hall–Kier alpha value is -1.69. The molecule has 0 aliphatic heterocycles. The fourth-order valence-corrected chi connectivity index (χ4v) is 2.38. The lowest BCUT2D eigenvalue weighted by Crippen LogP contribution is -2.47. The third-order valence-electron chi connectivity index (χ3n) is 3.52. The summed E-state index contributed by atoms with van der Waals surface area (Å²) in [6, 6.07) is 3.02. The van der Waals surface area contributed by atoms with Crippen molar-refractivity contribution in [3.8, 4) is 5.88 Å². The number of rotatable bonds is 4. The highest BCUT2D eigenvalue weighted by Gasteiger charge is 2.29. The van der Waals surface area contributed by atoms with Crippen LogP contribution in [0.2, 0.25) is 0 Å². The lowest BCUT2D eigenvalue weighted by atomic mass is 9.83. The highest BCUT2D eigenvalue weighted by atomic mass is 16.6. The number of hydrogen-bond donors (Lipinski definition) is 1. The monoisotopic (exact) mass is 265 g/mol. The Morgan fingerprint density at radius 2 is 2.11 bits per heavy atom. The number of nitrogens with zero attached hydrogens (tertiary/aromatic N) is 2. The van der Waals surface area contributed by atoms with Gasteiger partial charge in [0.05, 0.1) is 10.5 Å². The van der Waals surface area contributed by atoms with E-state index < -0.39 is 4.92 Å². The van der Waals surface area contributed by atoms with Crippen molar-refractivity contribution < 1.29 is 9.66 Å². The second-order valence-electron chi connectivity index (χ2n) is 5.25. The fraction of sp³-hybridized carbons (Fsp3) is 0.615. The Bertz CT molecular complexity index is 470. The SMILES string of the molecule is Cc1ccc([N+](=O)[O-])c(OCC2(N)CCCCC2)n1. The van der Waals surface area contributed by atoms with Gasteiger partial charge < -0.3 is 10.5 Å². The van der Waals surface area contributed by atoms with Crippen molar-refractivity contribution in [2.24, 2.45) is 5.73 Å². The van der Waals surface area contributed by atoms with Crippen molar-refractivity contribution in [3.63, 3.8) is 0 Å². The molecular formula is C13H19N3O3. The predicted octanol–water partition coefficient (Wildman–Crippen LogP) is 2.34. The number of ether oxygens (including phenoxy) is 1. The van der Waals surface area contributed by atoms with Gasteiger partial charge in [-0.05, 0) is 25.8 Å². The molecule has 1 aromatic rings. The highest BCUT2D eigenvalue weighted by Crippen LogP contribution is 2.29. The van der Waals surface area contributed by atoms with Crippen LogP contribution in [-0.2, 0) is 0 Å². The molecule has 1 fully saturated rings. The third kappa shape index (κ3) is 3.41. The molecule has 0 spiro atoms. The van der Waals surface area contributed by atoms with Crippen molar-refractivity contribution in [1.29, 1.82) is 0 Å². The van der Waals surface area contributed by atoms with Gasteiger partial charge in [0.1, 0.15) is 6.61 Å². The zero-order valence-corrected chi connectivity index (χ0v) is 11.1. The first-order valence-corrected chi connectivity index (χ1v) is 6.54. The van der Waals surface area contributed by atoms with Crippen LogP contribution in [0.25, 0.3) is 0 Å². The third-order valence-corrected chi connectivity index (χ3v) is 3.52. The van der Waals surface area contributed by atoms with Gasteiger partial charge in [-0.25, -0.2) is 4.98 Å². The van der Waals surface area contributed by atoms with Crippen LogP contribution >= 0.6 is 0 Å². The largest absolute Gasteiger partial charge is 0.471 e. The van der Waals surface area contributed by atoms with E-state index in [4.69, 9.17) is 10.5 Å². The molecule has 0 aromatic carbocycles. The first-order valence-electron chi connectivity index (χ1n) is 6.54. The average molecular weight is 265 g/mol. The Labute approximate surface area is 112 Å². The molecule has 19 heavy (non-hydrogen) atoms. The van der Waals surface area contributed by atoms with Crippen LogP contribution in [0.5, 0.6) is 5.88 Å². The summed E-state index contributed by atoms with van der Waals surface area (Å²) >= 11 is 0. The molecule has 0 unspecified atom stereocenters. The Balaban J connectivity index is 2.10. The summed E-state index contributed by atoms with van der Waals surface area (Å²) in [5.41, 5.74) is 6.45. The van der Waals surface area contributed by atoms with E-state index in [0.29, 0.717) is 5.69 Å². The summed E-state index contributed by atoms with van der Waals surface area (Å²) < 4.78 is 5.54. The Morgan fingerprint density at radius 3 is 2.74 bits per heavy atom. The Kier molecular flexibility index (Phi) is 3.99. The summed E-state index contributed by atoms with van der Waals surface area (Å²) in [5, 5.41) is 10.9. The minimum Gasteiger partial charge on any atom is -0.471 e. The molecule has 0 bridgehead atoms. The zero-order valence-electron chi connectivity index (χ0n) is 11.1. The molecule has 6 nitrogen and oxygen atoms in total. The van der Waals surface area contributed by atoms with Gasteiger partial charge in [0.2, 0.25) is 0 Å². The topological polar surface area (TPSA) is 91.3 Å². The molecule has 6 heteroatoms. The van der Waals surface area contributed by atoms with E-state index in [1.165, 1.54) is 12.5 Å². The standard InChI is InChI=1S/C13H19N3O3/c1-10-5-6-11(16(17)18)12(15-10)19-9-13(14)7-3-2-4-8-13/h5-6H,2-4,7-9,14H2,1H3. The van der Waals surface area contributed by atoms with Gasteiger partial charge in [-0.1, -0.05) is 19.3 Å². The van der Waals surface area contributed by atoms with E-state index in [2.05, 4.69) is 4.98 Å². The Morgan fingerprint density at radius 1 is 1.42 bits per heavy atom. The lowest BCUT2D eigenvalue weighted by molar-refractivity contribution is -0.386. The van der Waals surface area contributed by atoms with E-state index in [9.17, 15) is 10.1 Å². The van der Waals surface area contributed by atoms with Crippen molar-refractivity contribution >= 4 is 5.69 Å². The second-order valence-corrected chi connectivity index (χ2v) is 5.25. The van der Waals surface area contributed by atoms with Crippen molar-refractivity contribution in [2.45, 2.75) is 44.6 Å². The summed E-state index contributed by atoms with van der Waals surface area (Å²) in [5.74, 6) is 0.0698. The number of hydrogen-bond acceptors (Lipinski definition) is 5. The lowest BCUT2D eigenvalue weighted by Gasteiger charge is -2.32. The van der Waals surface area contributed by atoms with Gasteiger partial charge in [0.25, 0.3) is 5.88 Å². The number of pyridine rings is 1. The molecular weight excluding hydrogens is 246 g/mol. The maximum Gasteiger partial charge on any atom is 0.330 e. The molecule has 1 heterocycles. The van der Waals surface area contributed by atoms with Crippen LogP contribution < -0.4 is 10.5 Å². The van der Waals surface area contributed by atoms with Gasteiger partial charge in [0, 0.05) is 11.8 Å². The van der Waals surface area contributed by atoms with Gasteiger partial charge in [-0.2, -0.15) is 0 Å². The molecule has 0 saturated heterocycles. The maximum atomic E-state index is 10.9. The van der Waals surface area contributed by atoms with Crippen LogP contribution in [0.1, 0.15) is 37.8 Å². The van der Waals surface area contributed by atoms with E-state index in [0.717, 1.165) is 25.7 Å². The molecule has 0 radical (unpaired) electrons. The second kappa shape index (κ2) is 5.52. The predicted molar refractivity (Wildman–Crippen MR) is 71.1 cm³/mol. The van der Waals surface area contributed by atoms with Crippen LogP contribution in [0.15, 0.2) is 12.1 Å². The smallest absolute Gasteiger partial charge is 0.330 e. The van der Waals surface area contributed by atoms with Crippen LogP contribution in [0.4, 0.5) is 5.69 Å². The molecule has 104 valence electrons. The summed E-state index contributed by atoms with van der Waals surface area (Å²) in [7, 11) is 0. The highest BCUT2D eigenvalue weighted by molar-refractivity contribution is 5.41. The molecule has 2 N–H and O–H groups in total. The molecule has 2 rings (SSSR count). The van der Waals surface area contributed by atoms with E-state index in [1.54, 1.807) is 13.0 Å². The molecule has 1 aliphatic rings. The van der Waals surface area contributed by atoms with Crippen molar-refractivity contribution in [1.82, 2.24) is 4.98 Å². The normalized spacial score (nSPS) is 18.0. The molecule has 0 amide bonds. The zero-order chi connectivity index (χ0) is 13.9. The summed E-state index contributed by atoms with van der Waals surface area (Å²) in [6.07, 6.45) is 5.16. The minimum absolute atomic E-state index is 0.0698. The first kappa shape index (κ1) is 13.7. The quantitative estimate of drug-likeness (QED) is 0.666. The van der Waals surface area contributed by atoms with Crippen molar-refractivity contribution in [3.05, 3.63) is 27.9 Å². The van der Waals surface area contributed by atoms with Gasteiger partial charge in [0.15, 0.2) is 0 Å². The number of aromatic nitrogens is 1. The molecule has 1 saturated carbocycles. The summed E-state index contributed by atoms with van der Waals surface area (Å²) in [6.45, 7) is 2.06. The number of nitrogens with two attached hydrogens (primary N) is 1. The molecule has 1 aromatic heterocycles. The maximum absolute atomic E-state index is 10.9. The van der Waals surface area contributed by atoms with E-state index >= 15 is 0 Å². The van der Waals surface area contributed by atoms with E-state index in [-0.39, 0.29) is 23.7 Å². The van der Waals surface area contributed by atoms with Gasteiger partial charge in [-0.15, -0.1) is 0 Å².